The van der Waals surface area contributed by atoms with Gasteiger partial charge in [0.05, 0.1) is 73.3 Å². The molecule has 10 aliphatic rings. The molecule has 0 saturated heterocycles. The van der Waals surface area contributed by atoms with E-state index in [2.05, 4.69) is 128 Å². The van der Waals surface area contributed by atoms with Crippen molar-refractivity contribution in [2.75, 3.05) is 34.0 Å². The average Bonchev–Trinajstić information content (AvgIpc) is 0.757. The summed E-state index contributed by atoms with van der Waals surface area (Å²) in [4.78, 5) is 139. The zero-order valence-corrected chi connectivity index (χ0v) is 88.7. The van der Waals surface area contributed by atoms with E-state index in [1.807, 2.05) is 192 Å². The molecule has 5 aliphatic heterocycles. The van der Waals surface area contributed by atoms with Crippen LogP contribution in [0.2, 0.25) is 0 Å². The average molecular weight is 2010 g/mol. The Bertz CT molecular complexity index is 6590. The topological polar surface area (TPSA) is 303 Å². The SMILES string of the molecule is CCOC(=O)C1=C(CC)NC2=C(C(=O)CC(C)(C)C2)C1c1ccc(-c2ccccc2)cc1.CCOC(=O)C1=C(CC)NC2=C(C(=O)CC(C)(C)C2)C1c1ccc(-c2ccccc2)nc1.CCOC(=O)C1=C(CC)NC2=C(C(=O)CC(C)(C)C2)C1c1ccc(-c2ccccn2)cc1.COC(=O)C1=C(C)NC2=C(C(=O)CC(C)(C)C2)C1c1ccc(F)cc1.COC(=O)C1=C(C)NC2=C(C(=O)CCC2)C1c1ccc(-c2ccccc2)cc1. The van der Waals surface area contributed by atoms with E-state index in [9.17, 15) is 52.3 Å². The predicted molar refractivity (Wildman–Crippen MR) is 576 cm³/mol. The summed E-state index contributed by atoms with van der Waals surface area (Å²) >= 11 is 0. The highest BCUT2D eigenvalue weighted by Crippen LogP contribution is 2.54. The minimum atomic E-state index is -0.534. The van der Waals surface area contributed by atoms with Crippen molar-refractivity contribution in [2.45, 2.75) is 230 Å². The number of nitrogens with zero attached hydrogens (tertiary/aromatic N) is 2. The van der Waals surface area contributed by atoms with Crippen LogP contribution in [0.4, 0.5) is 4.39 Å². The molecule has 0 amide bonds. The lowest BCUT2D eigenvalue weighted by Crippen LogP contribution is -2.39. The monoisotopic (exact) mass is 2010 g/mol. The van der Waals surface area contributed by atoms with Crippen molar-refractivity contribution < 1.29 is 76.0 Å². The van der Waals surface area contributed by atoms with E-state index < -0.39 is 35.6 Å². The van der Waals surface area contributed by atoms with Gasteiger partial charge in [-0.05, 0) is 194 Å². The zero-order valence-electron chi connectivity index (χ0n) is 88.7. The van der Waals surface area contributed by atoms with Crippen LogP contribution in [0.3, 0.4) is 0 Å². The third-order valence-corrected chi connectivity index (χ3v) is 29.0. The number of carbonyl (C=O) groups is 10. The number of allylic oxidation sites excluding steroid dienone is 15. The number of ketones is 5. The first-order valence-electron chi connectivity index (χ1n) is 51.9. The summed E-state index contributed by atoms with van der Waals surface area (Å²) in [6.45, 7) is 32.8. The quantitative estimate of drug-likeness (QED) is 0.0350. The molecule has 0 spiro atoms. The maximum Gasteiger partial charge on any atom is 0.336 e. The number of Topliss-reactive ketones (excluding diaryl/α,β-unsaturated/α-hetero) is 5. The minimum absolute atomic E-state index is 0.0157. The highest BCUT2D eigenvalue weighted by molar-refractivity contribution is 6.09. The van der Waals surface area contributed by atoms with Crippen molar-refractivity contribution in [3.05, 3.63) is 377 Å². The van der Waals surface area contributed by atoms with Gasteiger partial charge in [0, 0.05) is 170 Å². The summed E-state index contributed by atoms with van der Waals surface area (Å²) in [6, 6.07) is 70.3. The first-order chi connectivity index (χ1) is 71.4. The van der Waals surface area contributed by atoms with Crippen molar-refractivity contribution in [2.24, 2.45) is 21.7 Å². The Balaban J connectivity index is 0.000000140. The number of nitrogens with one attached hydrogen (secondary N) is 5. The Morgan fingerprint density at radius 2 is 0.597 bits per heavy atom. The van der Waals surface area contributed by atoms with Gasteiger partial charge in [0.1, 0.15) is 5.82 Å². The highest BCUT2D eigenvalue weighted by Gasteiger charge is 2.50. The lowest BCUT2D eigenvalue weighted by Gasteiger charge is -2.40. The number of ether oxygens (including phenoxy) is 5. The number of hydrogen-bond donors (Lipinski definition) is 5. The van der Waals surface area contributed by atoms with Crippen LogP contribution in [0.5, 0.6) is 0 Å². The van der Waals surface area contributed by atoms with Crippen molar-refractivity contribution in [3.63, 3.8) is 0 Å². The van der Waals surface area contributed by atoms with Gasteiger partial charge < -0.3 is 50.3 Å². The Labute approximate surface area is 873 Å². The summed E-state index contributed by atoms with van der Waals surface area (Å²) in [5, 5.41) is 16.9. The van der Waals surface area contributed by atoms with Crippen LogP contribution >= 0.6 is 0 Å². The van der Waals surface area contributed by atoms with Gasteiger partial charge in [-0.3, -0.25) is 33.9 Å². The molecule has 7 heterocycles. The number of hydrogen-bond acceptors (Lipinski definition) is 22. The number of aromatic nitrogens is 2. The van der Waals surface area contributed by atoms with E-state index in [0.29, 0.717) is 119 Å². The molecule has 5 atom stereocenters. The van der Waals surface area contributed by atoms with Gasteiger partial charge in [-0.15, -0.1) is 0 Å². The third-order valence-electron chi connectivity index (χ3n) is 29.0. The number of dihydropyridines is 5. The Hall–Kier alpha value is -15.1. The van der Waals surface area contributed by atoms with Gasteiger partial charge in [0.25, 0.3) is 0 Å². The zero-order chi connectivity index (χ0) is 107. The van der Waals surface area contributed by atoms with E-state index in [4.69, 9.17) is 23.7 Å². The second kappa shape index (κ2) is 46.5. The fourth-order valence-electron chi connectivity index (χ4n) is 22.5. The molecule has 5 aliphatic carbocycles. The summed E-state index contributed by atoms with van der Waals surface area (Å²) in [5.41, 5.74) is 26.6. The Morgan fingerprint density at radius 3 is 0.926 bits per heavy atom. The largest absolute Gasteiger partial charge is 0.466 e. The summed E-state index contributed by atoms with van der Waals surface area (Å²) in [5.74, 6) is -4.14. The van der Waals surface area contributed by atoms with Crippen LogP contribution in [0.1, 0.15) is 258 Å². The van der Waals surface area contributed by atoms with Crippen LogP contribution in [0.25, 0.3) is 44.8 Å². The fourth-order valence-corrected chi connectivity index (χ4v) is 22.5. The molecule has 772 valence electrons. The second-order valence-electron chi connectivity index (χ2n) is 42.5. The number of carbonyl (C=O) groups excluding carboxylic acids is 10. The Morgan fingerprint density at radius 1 is 0.309 bits per heavy atom. The van der Waals surface area contributed by atoms with Crippen molar-refractivity contribution in [1.82, 2.24) is 36.6 Å². The van der Waals surface area contributed by atoms with Crippen molar-refractivity contribution in [3.8, 4) is 44.8 Å². The molecule has 22 nitrogen and oxygen atoms in total. The Kier molecular flexibility index (Phi) is 33.7. The molecule has 149 heavy (non-hydrogen) atoms. The van der Waals surface area contributed by atoms with Crippen LogP contribution < -0.4 is 26.6 Å². The minimum Gasteiger partial charge on any atom is -0.466 e. The van der Waals surface area contributed by atoms with E-state index in [1.165, 1.54) is 26.4 Å². The second-order valence-corrected chi connectivity index (χ2v) is 42.5. The molecular formula is C126H136FN7O15. The van der Waals surface area contributed by atoms with E-state index >= 15 is 0 Å². The van der Waals surface area contributed by atoms with Gasteiger partial charge in [-0.1, -0.05) is 264 Å². The summed E-state index contributed by atoms with van der Waals surface area (Å²) in [7, 11) is 2.70. The van der Waals surface area contributed by atoms with Gasteiger partial charge >= 0.3 is 29.8 Å². The molecule has 0 fully saturated rings. The number of rotatable bonds is 20. The lowest BCUT2D eigenvalue weighted by molar-refractivity contribution is -0.139. The summed E-state index contributed by atoms with van der Waals surface area (Å²) in [6.07, 6.45) is 12.6. The summed E-state index contributed by atoms with van der Waals surface area (Å²) < 4.78 is 39.7. The van der Waals surface area contributed by atoms with E-state index in [0.717, 1.165) is 162 Å². The first-order valence-corrected chi connectivity index (χ1v) is 51.9. The third kappa shape index (κ3) is 24.0. The molecule has 9 aromatic rings. The molecule has 19 rings (SSSR count). The molecule has 23 heteroatoms. The number of esters is 5. The standard InChI is InChI=1S/C28H31NO3.2C27H30N2O3.C24H23NO3.C20H22FNO3/c1-5-21-26(27(31)32-6-2)24(25-22(29-21)16-28(3,4)17-23(25)30)20-14-12-19(13-15-20)18-10-8-7-9-11-18;1-5-19-25(26(31)32-6-2)23(24-21(29-19)15-27(3,4)16-22(24)30)18-12-10-17(11-13-18)20-9-7-8-14-28-20;1-5-19-25(26(31)32-6-2)23(24-21(29-19)14-27(3,4)15-22(24)30)18-12-13-20(28-16-18)17-10-8-7-9-11-17;1-15-21(24(27)28-2)22(23-19(25-15)9-6-10-20(23)26)18-13-11-17(12-14-18)16-7-4-3-5-8-16;1-11-16(19(24)25-4)17(12-5-7-13(21)8-6-12)18-14(22-11)9-20(2,3)10-15(18)23/h7-15,24,29H,5-6,16-17H2,1-4H3;7-14,23,29H,5-6,15-16H2,1-4H3;7-13,16,23,29H,5-6,14-15H2,1-4H3;3-5,7-8,11-14,22,25H,6,9-10H2,1-2H3;5-8,17,22H,9-10H2,1-4H3. The van der Waals surface area contributed by atoms with Crippen LogP contribution in [-0.4, -0.2) is 103 Å². The maximum atomic E-state index is 13.4. The van der Waals surface area contributed by atoms with Gasteiger partial charge in [0.2, 0.25) is 0 Å². The number of halogens is 1. The fraction of sp³-hybridized carbons (Fsp3) is 0.349. The van der Waals surface area contributed by atoms with Gasteiger partial charge in [0.15, 0.2) is 28.9 Å². The number of methoxy groups -OCH3 is 2. The van der Waals surface area contributed by atoms with Crippen LogP contribution in [-0.2, 0) is 71.6 Å². The first kappa shape index (κ1) is 108. The molecular weight excluding hydrogens is 1870 g/mol. The lowest BCUT2D eigenvalue weighted by atomic mass is 9.68. The smallest absolute Gasteiger partial charge is 0.336 e. The van der Waals surface area contributed by atoms with Crippen LogP contribution in [0, 0.1) is 27.5 Å². The van der Waals surface area contributed by atoms with Gasteiger partial charge in [-0.2, -0.15) is 0 Å². The molecule has 0 saturated carbocycles. The number of pyridine rings is 2. The molecule has 0 bridgehead atoms. The van der Waals surface area contributed by atoms with E-state index in [1.54, 1.807) is 45.3 Å². The van der Waals surface area contributed by atoms with E-state index in [-0.39, 0.29) is 93.4 Å². The number of benzene rings is 7. The van der Waals surface area contributed by atoms with Gasteiger partial charge in [-0.25, -0.2) is 28.4 Å². The maximum absolute atomic E-state index is 13.4. The molecule has 0 radical (unpaired) electrons. The molecule has 5 N–H and O–H groups in total. The van der Waals surface area contributed by atoms with Crippen molar-refractivity contribution in [1.29, 1.82) is 0 Å². The van der Waals surface area contributed by atoms with Crippen LogP contribution in [0.15, 0.2) is 343 Å². The molecule has 2 aromatic heterocycles. The highest BCUT2D eigenvalue weighted by atomic mass is 19.1. The predicted octanol–water partition coefficient (Wildman–Crippen LogP) is 24.6. The normalized spacial score (nSPS) is 20.3. The van der Waals surface area contributed by atoms with Crippen molar-refractivity contribution >= 4 is 58.8 Å². The molecule has 7 aromatic carbocycles. The molecule has 5 unspecified atom stereocenters.